The van der Waals surface area contributed by atoms with Gasteiger partial charge in [0.1, 0.15) is 17.5 Å². The van der Waals surface area contributed by atoms with E-state index in [1.807, 2.05) is 6.07 Å². The maximum Gasteiger partial charge on any atom is 0.257 e. The van der Waals surface area contributed by atoms with Gasteiger partial charge in [-0.2, -0.15) is 10.4 Å². The molecular weight excluding hydrogens is 212 g/mol. The first-order valence-electron chi connectivity index (χ1n) is 4.75. The van der Waals surface area contributed by atoms with E-state index in [1.54, 1.807) is 0 Å². The summed E-state index contributed by atoms with van der Waals surface area (Å²) >= 11 is 0. The van der Waals surface area contributed by atoms with Crippen LogP contribution in [0, 0.1) is 11.3 Å². The molecule has 0 aromatic carbocycles. The van der Waals surface area contributed by atoms with Gasteiger partial charge in [0.2, 0.25) is 0 Å². The average molecular weight is 222 g/mol. The lowest BCUT2D eigenvalue weighted by atomic mass is 10.3. The highest BCUT2D eigenvalue weighted by atomic mass is 16.6. The van der Waals surface area contributed by atoms with E-state index >= 15 is 0 Å². The summed E-state index contributed by atoms with van der Waals surface area (Å²) in [7, 11) is 0. The Labute approximate surface area is 91.3 Å². The van der Waals surface area contributed by atoms with Crippen molar-refractivity contribution in [3.05, 3.63) is 11.8 Å². The lowest BCUT2D eigenvalue weighted by Gasteiger charge is -2.21. The van der Waals surface area contributed by atoms with Crippen molar-refractivity contribution in [2.24, 2.45) is 0 Å². The van der Waals surface area contributed by atoms with Crippen molar-refractivity contribution in [3.63, 3.8) is 0 Å². The van der Waals surface area contributed by atoms with Crippen molar-refractivity contribution in [2.75, 3.05) is 25.1 Å². The maximum atomic E-state index is 11.7. The van der Waals surface area contributed by atoms with Crippen LogP contribution in [0.5, 0.6) is 0 Å². The number of nitrogens with zero attached hydrogens (tertiary/aromatic N) is 2. The molecule has 1 amide bonds. The van der Waals surface area contributed by atoms with Crippen molar-refractivity contribution < 1.29 is 14.3 Å². The number of hydrogen-bond donors (Lipinski definition) is 2. The molecule has 16 heavy (non-hydrogen) atoms. The second kappa shape index (κ2) is 4.74. The molecule has 2 heterocycles. The number of carbonyl (C=O) groups excluding carboxylic acids is 1. The Hall–Kier alpha value is -1.91. The molecule has 1 aromatic heterocycles. The van der Waals surface area contributed by atoms with Gasteiger partial charge in [-0.15, -0.1) is 0 Å². The zero-order valence-corrected chi connectivity index (χ0v) is 8.40. The van der Waals surface area contributed by atoms with E-state index in [-0.39, 0.29) is 23.9 Å². The van der Waals surface area contributed by atoms with Gasteiger partial charge >= 0.3 is 0 Å². The Morgan fingerprint density at radius 3 is 3.25 bits per heavy atom. The number of anilines is 1. The SMILES string of the molecule is N#Cc1cn[nH]c1NC(=O)C1COCCO1. The van der Waals surface area contributed by atoms with Crippen LogP contribution in [0.1, 0.15) is 5.56 Å². The number of rotatable bonds is 2. The molecule has 1 unspecified atom stereocenters. The summed E-state index contributed by atoms with van der Waals surface area (Å²) in [6, 6.07) is 1.90. The molecule has 0 aliphatic carbocycles. The largest absolute Gasteiger partial charge is 0.376 e. The van der Waals surface area contributed by atoms with Gasteiger partial charge < -0.3 is 14.8 Å². The fourth-order valence-corrected chi connectivity index (χ4v) is 1.31. The molecule has 2 N–H and O–H groups in total. The monoisotopic (exact) mass is 222 g/mol. The van der Waals surface area contributed by atoms with E-state index in [2.05, 4.69) is 15.5 Å². The minimum atomic E-state index is -0.636. The molecule has 2 rings (SSSR count). The van der Waals surface area contributed by atoms with Crippen LogP contribution in [0.15, 0.2) is 6.20 Å². The lowest BCUT2D eigenvalue weighted by Crippen LogP contribution is -2.39. The number of nitrogens with one attached hydrogen (secondary N) is 2. The first kappa shape index (κ1) is 10.6. The molecule has 84 valence electrons. The van der Waals surface area contributed by atoms with Crippen LogP contribution in [0.2, 0.25) is 0 Å². The normalized spacial score (nSPS) is 20.1. The summed E-state index contributed by atoms with van der Waals surface area (Å²) in [5.41, 5.74) is 0.282. The molecule has 0 radical (unpaired) electrons. The first-order valence-corrected chi connectivity index (χ1v) is 4.75. The zero-order chi connectivity index (χ0) is 11.4. The molecule has 0 spiro atoms. The van der Waals surface area contributed by atoms with Gasteiger partial charge in [0.25, 0.3) is 5.91 Å². The zero-order valence-electron chi connectivity index (χ0n) is 8.40. The van der Waals surface area contributed by atoms with Gasteiger partial charge in [-0.1, -0.05) is 0 Å². The fourth-order valence-electron chi connectivity index (χ4n) is 1.31. The number of carbonyl (C=O) groups is 1. The fraction of sp³-hybridized carbons (Fsp3) is 0.444. The summed E-state index contributed by atoms with van der Waals surface area (Å²) in [6.07, 6.45) is 0.706. The smallest absolute Gasteiger partial charge is 0.257 e. The number of hydrogen-bond acceptors (Lipinski definition) is 5. The summed E-state index contributed by atoms with van der Waals surface area (Å²) in [5.74, 6) is -0.0675. The third kappa shape index (κ3) is 2.18. The third-order valence-corrected chi connectivity index (χ3v) is 2.12. The van der Waals surface area contributed by atoms with Crippen molar-refractivity contribution in [3.8, 4) is 6.07 Å². The van der Waals surface area contributed by atoms with Crippen molar-refractivity contribution in [1.82, 2.24) is 10.2 Å². The number of aromatic amines is 1. The Morgan fingerprint density at radius 2 is 2.56 bits per heavy atom. The summed E-state index contributed by atoms with van der Waals surface area (Å²) < 4.78 is 10.3. The van der Waals surface area contributed by atoms with E-state index in [0.717, 1.165) is 0 Å². The van der Waals surface area contributed by atoms with E-state index in [0.29, 0.717) is 13.2 Å². The predicted octanol–water partition coefficient (Wildman–Crippen LogP) is -0.365. The highest BCUT2D eigenvalue weighted by Crippen LogP contribution is 2.10. The molecule has 1 saturated heterocycles. The van der Waals surface area contributed by atoms with Crippen molar-refractivity contribution in [2.45, 2.75) is 6.10 Å². The van der Waals surface area contributed by atoms with Gasteiger partial charge in [0.05, 0.1) is 26.0 Å². The Bertz CT molecular complexity index is 417. The second-order valence-corrected chi connectivity index (χ2v) is 3.19. The van der Waals surface area contributed by atoms with Gasteiger partial charge in [0, 0.05) is 0 Å². The third-order valence-electron chi connectivity index (χ3n) is 2.12. The molecule has 0 bridgehead atoms. The van der Waals surface area contributed by atoms with Crippen molar-refractivity contribution >= 4 is 11.7 Å². The minimum absolute atomic E-state index is 0.224. The molecule has 1 aliphatic heterocycles. The summed E-state index contributed by atoms with van der Waals surface area (Å²) in [6.45, 7) is 1.12. The number of H-pyrrole nitrogens is 1. The van der Waals surface area contributed by atoms with E-state index < -0.39 is 6.10 Å². The standard InChI is InChI=1S/C9H10N4O3/c10-3-6-4-11-13-8(6)12-9(14)7-5-15-1-2-16-7/h4,7H,1-2,5H2,(H2,11,12,13,14). The van der Waals surface area contributed by atoms with Crippen LogP contribution in [-0.4, -0.2) is 42.0 Å². The van der Waals surface area contributed by atoms with E-state index in [1.165, 1.54) is 6.20 Å². The predicted molar refractivity (Wildman–Crippen MR) is 52.5 cm³/mol. The Morgan fingerprint density at radius 1 is 1.69 bits per heavy atom. The van der Waals surface area contributed by atoms with E-state index in [4.69, 9.17) is 14.7 Å². The quantitative estimate of drug-likeness (QED) is 0.711. The highest BCUT2D eigenvalue weighted by molar-refractivity contribution is 5.94. The number of aromatic nitrogens is 2. The van der Waals surface area contributed by atoms with Gasteiger partial charge in [-0.05, 0) is 0 Å². The lowest BCUT2D eigenvalue weighted by molar-refractivity contribution is -0.142. The van der Waals surface area contributed by atoms with Crippen LogP contribution in [0.25, 0.3) is 0 Å². The molecule has 0 saturated carbocycles. The first-order chi connectivity index (χ1) is 7.81. The van der Waals surface area contributed by atoms with Crippen LogP contribution in [0.3, 0.4) is 0 Å². The molecule has 7 nitrogen and oxygen atoms in total. The molecule has 1 atom stereocenters. The molecular formula is C9H10N4O3. The second-order valence-electron chi connectivity index (χ2n) is 3.19. The number of nitriles is 1. The molecule has 7 heteroatoms. The average Bonchev–Trinajstić information content (AvgIpc) is 2.77. The minimum Gasteiger partial charge on any atom is -0.376 e. The van der Waals surface area contributed by atoms with Gasteiger partial charge in [-0.3, -0.25) is 9.89 Å². The van der Waals surface area contributed by atoms with Crippen LogP contribution >= 0.6 is 0 Å². The number of ether oxygens (including phenoxy) is 2. The summed E-state index contributed by atoms with van der Waals surface area (Å²) in [4.78, 5) is 11.7. The van der Waals surface area contributed by atoms with Crippen molar-refractivity contribution in [1.29, 1.82) is 5.26 Å². The van der Waals surface area contributed by atoms with Crippen LogP contribution in [-0.2, 0) is 14.3 Å². The topological polar surface area (TPSA) is 100 Å². The molecule has 1 aromatic rings. The van der Waals surface area contributed by atoms with E-state index in [9.17, 15) is 4.79 Å². The van der Waals surface area contributed by atoms with Gasteiger partial charge in [-0.25, -0.2) is 0 Å². The highest BCUT2D eigenvalue weighted by Gasteiger charge is 2.23. The van der Waals surface area contributed by atoms with Crippen LogP contribution < -0.4 is 5.32 Å². The number of amides is 1. The molecule has 1 fully saturated rings. The summed E-state index contributed by atoms with van der Waals surface area (Å²) in [5, 5.41) is 17.4. The Balaban J connectivity index is 1.99. The Kier molecular flexibility index (Phi) is 3.14. The maximum absolute atomic E-state index is 11.7. The molecule has 1 aliphatic rings. The van der Waals surface area contributed by atoms with Gasteiger partial charge in [0.15, 0.2) is 6.10 Å². The van der Waals surface area contributed by atoms with Crippen LogP contribution in [0.4, 0.5) is 5.82 Å².